The van der Waals surface area contributed by atoms with Gasteiger partial charge < -0.3 is 4.57 Å². The average molecular weight is 562 g/mol. The normalized spacial score (nSPS) is 15.1. The van der Waals surface area contributed by atoms with Crippen LogP contribution in [0.25, 0.3) is 17.0 Å². The van der Waals surface area contributed by atoms with Gasteiger partial charge in [-0.05, 0) is 53.7 Å². The molecular weight excluding hydrogens is 546 g/mol. The summed E-state index contributed by atoms with van der Waals surface area (Å²) in [6.07, 6.45) is 3.70. The van der Waals surface area contributed by atoms with Crippen LogP contribution in [-0.4, -0.2) is 20.6 Å². The van der Waals surface area contributed by atoms with Gasteiger partial charge in [-0.25, -0.2) is 0 Å². The van der Waals surface area contributed by atoms with Gasteiger partial charge in [0.25, 0.3) is 11.1 Å². The second kappa shape index (κ2) is 9.92. The molecule has 4 nitrogen and oxygen atoms in total. The van der Waals surface area contributed by atoms with Crippen molar-refractivity contribution >= 4 is 86.3 Å². The third kappa shape index (κ3) is 4.84. The van der Waals surface area contributed by atoms with Gasteiger partial charge in [-0.3, -0.25) is 14.5 Å². The zero-order chi connectivity index (χ0) is 24.7. The third-order valence-corrected chi connectivity index (χ3v) is 8.05. The molecule has 0 saturated carbocycles. The molecule has 0 aliphatic carbocycles. The van der Waals surface area contributed by atoms with Gasteiger partial charge in [0.05, 0.1) is 28.0 Å². The van der Waals surface area contributed by atoms with Crippen molar-refractivity contribution in [2.75, 3.05) is 0 Å². The molecule has 2 heterocycles. The molecule has 0 spiro atoms. The summed E-state index contributed by atoms with van der Waals surface area (Å²) in [5.41, 5.74) is 3.31. The molecule has 0 radical (unpaired) electrons. The molecule has 1 saturated heterocycles. The Hall–Kier alpha value is -2.41. The first-order chi connectivity index (χ1) is 16.8. The number of carbonyl (C=O) groups is 2. The first-order valence-electron chi connectivity index (χ1n) is 10.5. The number of carbonyl (C=O) groups excluding carboxylic acids is 2. The largest absolute Gasteiger partial charge is 0.342 e. The standard InChI is InChI=1S/C26H16Cl4N2O2S/c27-19-5-3-6-20(28)18(19)14-31-13-16(17-4-1-2-7-23(17)31)11-24-25(33)32(26(34)35-24)12-15-8-9-21(29)22(30)10-15/h1-11,13H,12,14H2. The summed E-state index contributed by atoms with van der Waals surface area (Å²) < 4.78 is 2.04. The predicted molar refractivity (Wildman–Crippen MR) is 145 cm³/mol. The Morgan fingerprint density at radius 1 is 0.800 bits per heavy atom. The third-order valence-electron chi connectivity index (χ3n) is 5.69. The van der Waals surface area contributed by atoms with E-state index in [9.17, 15) is 9.59 Å². The molecule has 0 bridgehead atoms. The minimum Gasteiger partial charge on any atom is -0.342 e. The van der Waals surface area contributed by atoms with Crippen molar-refractivity contribution in [1.82, 2.24) is 9.47 Å². The number of rotatable bonds is 5. The Morgan fingerprint density at radius 3 is 2.29 bits per heavy atom. The van der Waals surface area contributed by atoms with Crippen molar-refractivity contribution in [2.45, 2.75) is 13.1 Å². The first kappa shape index (κ1) is 24.3. The fourth-order valence-corrected chi connectivity index (χ4v) is 5.64. The van der Waals surface area contributed by atoms with Gasteiger partial charge in [0, 0.05) is 38.3 Å². The number of halogens is 4. The van der Waals surface area contributed by atoms with E-state index in [1.54, 1.807) is 36.4 Å². The second-order valence-corrected chi connectivity index (χ2v) is 10.6. The number of imide groups is 1. The minimum atomic E-state index is -0.350. The Morgan fingerprint density at radius 2 is 1.54 bits per heavy atom. The smallest absolute Gasteiger partial charge is 0.293 e. The van der Waals surface area contributed by atoms with Crippen LogP contribution in [0.4, 0.5) is 4.79 Å². The van der Waals surface area contributed by atoms with Crippen molar-refractivity contribution in [3.8, 4) is 0 Å². The molecular formula is C26H16Cl4N2O2S. The van der Waals surface area contributed by atoms with Crippen molar-refractivity contribution in [3.63, 3.8) is 0 Å². The molecule has 176 valence electrons. The number of nitrogens with zero attached hydrogens (tertiary/aromatic N) is 2. The van der Waals surface area contributed by atoms with Gasteiger partial charge >= 0.3 is 0 Å². The fraction of sp³-hybridized carbons (Fsp3) is 0.0769. The van der Waals surface area contributed by atoms with E-state index < -0.39 is 0 Å². The molecule has 9 heteroatoms. The van der Waals surface area contributed by atoms with E-state index in [1.165, 1.54) is 4.90 Å². The highest BCUT2D eigenvalue weighted by Gasteiger charge is 2.35. The van der Waals surface area contributed by atoms with Crippen molar-refractivity contribution in [2.24, 2.45) is 0 Å². The van der Waals surface area contributed by atoms with Crippen molar-refractivity contribution < 1.29 is 9.59 Å². The lowest BCUT2D eigenvalue weighted by Gasteiger charge is -2.12. The Kier molecular flexibility index (Phi) is 6.88. The molecule has 0 N–H and O–H groups in total. The van der Waals surface area contributed by atoms with E-state index in [4.69, 9.17) is 46.4 Å². The van der Waals surface area contributed by atoms with Gasteiger partial charge in [0.15, 0.2) is 0 Å². The van der Waals surface area contributed by atoms with Gasteiger partial charge in [0.2, 0.25) is 0 Å². The summed E-state index contributed by atoms with van der Waals surface area (Å²) in [6.45, 7) is 0.581. The molecule has 0 atom stereocenters. The Balaban J connectivity index is 1.47. The number of fused-ring (bicyclic) bond motifs is 1. The van der Waals surface area contributed by atoms with Gasteiger partial charge in [-0.1, -0.05) is 76.7 Å². The van der Waals surface area contributed by atoms with E-state index in [2.05, 4.69) is 0 Å². The topological polar surface area (TPSA) is 42.3 Å². The van der Waals surface area contributed by atoms with Gasteiger partial charge in [-0.2, -0.15) is 0 Å². The molecule has 1 aromatic heterocycles. The summed E-state index contributed by atoms with van der Waals surface area (Å²) in [4.78, 5) is 27.3. The lowest BCUT2D eigenvalue weighted by Crippen LogP contribution is -2.27. The number of hydrogen-bond donors (Lipinski definition) is 0. The lowest BCUT2D eigenvalue weighted by molar-refractivity contribution is -0.123. The van der Waals surface area contributed by atoms with Crippen molar-refractivity contribution in [3.05, 3.63) is 109 Å². The van der Waals surface area contributed by atoms with Crippen molar-refractivity contribution in [1.29, 1.82) is 0 Å². The van der Waals surface area contributed by atoms with E-state index in [-0.39, 0.29) is 17.7 Å². The summed E-state index contributed by atoms with van der Waals surface area (Å²) in [6, 6.07) is 18.3. The summed E-state index contributed by atoms with van der Waals surface area (Å²) in [5, 5.41) is 2.57. The van der Waals surface area contributed by atoms with E-state index in [0.717, 1.165) is 39.4 Å². The molecule has 35 heavy (non-hydrogen) atoms. The number of hydrogen-bond acceptors (Lipinski definition) is 3. The molecule has 3 aromatic carbocycles. The van der Waals surface area contributed by atoms with Crippen LogP contribution in [-0.2, 0) is 17.9 Å². The number of thioether (sulfide) groups is 1. The highest BCUT2D eigenvalue weighted by molar-refractivity contribution is 8.18. The van der Waals surface area contributed by atoms with E-state index in [1.807, 2.05) is 41.1 Å². The van der Waals surface area contributed by atoms with Crippen LogP contribution < -0.4 is 0 Å². The Bertz CT molecular complexity index is 1510. The average Bonchev–Trinajstić information content (AvgIpc) is 3.31. The zero-order valence-corrected chi connectivity index (χ0v) is 21.8. The summed E-state index contributed by atoms with van der Waals surface area (Å²) >= 11 is 25.8. The van der Waals surface area contributed by atoms with E-state index in [0.29, 0.717) is 31.5 Å². The molecule has 4 aromatic rings. The van der Waals surface area contributed by atoms with Crippen LogP contribution in [0.3, 0.4) is 0 Å². The fourth-order valence-electron chi connectivity index (χ4n) is 3.97. The maximum absolute atomic E-state index is 13.1. The SMILES string of the molecule is O=C1SC(=Cc2cn(Cc3c(Cl)cccc3Cl)c3ccccc23)C(=O)N1Cc1ccc(Cl)c(Cl)c1. The summed E-state index contributed by atoms with van der Waals surface area (Å²) in [7, 11) is 0. The van der Waals surface area contributed by atoms with Gasteiger partial charge in [0.1, 0.15) is 0 Å². The Labute approximate surface area is 226 Å². The van der Waals surface area contributed by atoms with Crippen LogP contribution in [0.5, 0.6) is 0 Å². The summed E-state index contributed by atoms with van der Waals surface area (Å²) in [5.74, 6) is -0.350. The number of para-hydroxylation sites is 1. The number of aromatic nitrogens is 1. The quantitative estimate of drug-likeness (QED) is 0.229. The molecule has 2 amide bonds. The van der Waals surface area contributed by atoms with Gasteiger partial charge in [-0.15, -0.1) is 0 Å². The second-order valence-electron chi connectivity index (χ2n) is 7.95. The van der Waals surface area contributed by atoms with Crippen LogP contribution in [0.2, 0.25) is 20.1 Å². The van der Waals surface area contributed by atoms with Crippen LogP contribution in [0.15, 0.2) is 71.8 Å². The molecule has 5 rings (SSSR count). The zero-order valence-electron chi connectivity index (χ0n) is 18.0. The van der Waals surface area contributed by atoms with E-state index >= 15 is 0 Å². The molecule has 1 aliphatic rings. The predicted octanol–water partition coefficient (Wildman–Crippen LogP) is 8.54. The maximum Gasteiger partial charge on any atom is 0.293 e. The monoisotopic (exact) mass is 560 g/mol. The molecule has 1 fully saturated rings. The number of benzene rings is 3. The van der Waals surface area contributed by atoms with Crippen LogP contribution in [0.1, 0.15) is 16.7 Å². The first-order valence-corrected chi connectivity index (χ1v) is 12.8. The lowest BCUT2D eigenvalue weighted by atomic mass is 10.1. The highest BCUT2D eigenvalue weighted by Crippen LogP contribution is 2.36. The van der Waals surface area contributed by atoms with Crippen LogP contribution >= 0.6 is 58.2 Å². The maximum atomic E-state index is 13.1. The van der Waals surface area contributed by atoms with Crippen LogP contribution in [0, 0.1) is 0 Å². The molecule has 0 unspecified atom stereocenters. The number of amides is 2. The molecule has 1 aliphatic heterocycles. The highest BCUT2D eigenvalue weighted by atomic mass is 35.5. The minimum absolute atomic E-state index is 0.117.